The molecule has 8 heteroatoms. The normalized spacial score (nSPS) is 15.7. The van der Waals surface area contributed by atoms with Crippen molar-refractivity contribution < 1.29 is 23.5 Å². The Morgan fingerprint density at radius 3 is 2.61 bits per heavy atom. The lowest BCUT2D eigenvalue weighted by Crippen LogP contribution is -2.34. The van der Waals surface area contributed by atoms with Crippen LogP contribution in [-0.4, -0.2) is 35.2 Å². The molecule has 1 aliphatic heterocycles. The number of nitrogens with zero attached hydrogens (tertiary/aromatic N) is 1. The molecule has 1 aliphatic rings. The van der Waals surface area contributed by atoms with Gasteiger partial charge in [-0.3, -0.25) is 19.3 Å². The second kappa shape index (κ2) is 8.79. The van der Waals surface area contributed by atoms with Gasteiger partial charge in [0.2, 0.25) is 0 Å². The largest absolute Gasteiger partial charge is 0.464 e. The van der Waals surface area contributed by atoms with E-state index in [1.54, 1.807) is 12.1 Å². The Balaban J connectivity index is 1.70. The summed E-state index contributed by atoms with van der Waals surface area (Å²) in [6.07, 6.45) is 1.51. The summed E-state index contributed by atoms with van der Waals surface area (Å²) >= 11 is 4.16. The maximum atomic E-state index is 12.5. The first kappa shape index (κ1) is 20.4. The van der Waals surface area contributed by atoms with Crippen molar-refractivity contribution in [3.63, 3.8) is 0 Å². The quantitative estimate of drug-likeness (QED) is 0.445. The molecule has 1 aromatic carbocycles. The zero-order valence-corrected chi connectivity index (χ0v) is 17.7. The third-order valence-corrected chi connectivity index (χ3v) is 5.20. The molecule has 1 saturated heterocycles. The van der Waals surface area contributed by atoms with Gasteiger partial charge in [0.15, 0.2) is 0 Å². The second-order valence-corrected chi connectivity index (χ2v) is 8.46. The van der Waals surface area contributed by atoms with Gasteiger partial charge in [0.05, 0.1) is 11.5 Å². The number of halogens is 1. The summed E-state index contributed by atoms with van der Waals surface area (Å²) in [7, 11) is 0. The highest BCUT2D eigenvalue weighted by atomic mass is 79.9. The molecule has 3 rings (SSSR count). The molecule has 0 N–H and O–H groups in total. The van der Waals surface area contributed by atoms with Gasteiger partial charge >= 0.3 is 5.97 Å². The van der Waals surface area contributed by atoms with Crippen LogP contribution >= 0.6 is 27.7 Å². The summed E-state index contributed by atoms with van der Waals surface area (Å²) in [6.45, 7) is 3.66. The van der Waals surface area contributed by atoms with Gasteiger partial charge < -0.3 is 9.15 Å². The number of hydrogen-bond donors (Lipinski definition) is 0. The van der Waals surface area contributed by atoms with E-state index in [9.17, 15) is 14.4 Å². The molecule has 0 bridgehead atoms. The fourth-order valence-electron chi connectivity index (χ4n) is 2.40. The van der Waals surface area contributed by atoms with Crippen LogP contribution in [-0.2, 0) is 14.3 Å². The number of benzene rings is 1. The molecule has 0 spiro atoms. The van der Waals surface area contributed by atoms with Gasteiger partial charge in [-0.25, -0.2) is 0 Å². The van der Waals surface area contributed by atoms with Crippen molar-refractivity contribution in [2.45, 2.75) is 13.8 Å². The molecule has 2 amide bonds. The maximum Gasteiger partial charge on any atom is 0.326 e. The van der Waals surface area contributed by atoms with Crippen LogP contribution in [0.1, 0.15) is 19.6 Å². The van der Waals surface area contributed by atoms with E-state index >= 15 is 0 Å². The van der Waals surface area contributed by atoms with Crippen molar-refractivity contribution in [2.24, 2.45) is 5.92 Å². The number of thioether (sulfide) groups is 1. The Kier molecular flexibility index (Phi) is 6.41. The molecule has 0 saturated carbocycles. The highest BCUT2D eigenvalue weighted by Crippen LogP contribution is 2.33. The van der Waals surface area contributed by atoms with Gasteiger partial charge in [0.25, 0.3) is 11.1 Å². The maximum absolute atomic E-state index is 12.5. The number of rotatable bonds is 6. The Labute approximate surface area is 175 Å². The number of hydrogen-bond acceptors (Lipinski definition) is 6. The summed E-state index contributed by atoms with van der Waals surface area (Å²) in [5, 5.41) is -0.502. The topological polar surface area (TPSA) is 76.8 Å². The van der Waals surface area contributed by atoms with E-state index in [4.69, 9.17) is 9.15 Å². The lowest BCUT2D eigenvalue weighted by Gasteiger charge is -2.12. The number of imide groups is 1. The predicted octanol–water partition coefficient (Wildman–Crippen LogP) is 4.94. The number of ether oxygens (including phenoxy) is 1. The smallest absolute Gasteiger partial charge is 0.326 e. The molecule has 6 nitrogen and oxygen atoms in total. The summed E-state index contributed by atoms with van der Waals surface area (Å²) in [6, 6.07) is 11.1. The number of amides is 2. The van der Waals surface area contributed by atoms with Crippen LogP contribution in [0, 0.1) is 5.92 Å². The third kappa shape index (κ3) is 4.94. The van der Waals surface area contributed by atoms with Gasteiger partial charge in [-0.1, -0.05) is 41.9 Å². The first-order valence-electron chi connectivity index (χ1n) is 8.60. The highest BCUT2D eigenvalue weighted by molar-refractivity contribution is 9.10. The Morgan fingerprint density at radius 1 is 1.21 bits per heavy atom. The van der Waals surface area contributed by atoms with Crippen molar-refractivity contribution in [1.82, 2.24) is 4.90 Å². The highest BCUT2D eigenvalue weighted by Gasteiger charge is 2.37. The molecule has 1 fully saturated rings. The first-order chi connectivity index (χ1) is 13.3. The van der Waals surface area contributed by atoms with Crippen LogP contribution in [0.5, 0.6) is 0 Å². The molecule has 0 aliphatic carbocycles. The number of carbonyl (C=O) groups is 3. The number of furan rings is 1. The van der Waals surface area contributed by atoms with Gasteiger partial charge in [0.1, 0.15) is 18.1 Å². The monoisotopic (exact) mass is 463 g/mol. The summed E-state index contributed by atoms with van der Waals surface area (Å²) < 4.78 is 11.8. The van der Waals surface area contributed by atoms with Crippen molar-refractivity contribution in [2.75, 3.05) is 13.2 Å². The lowest BCUT2D eigenvalue weighted by atomic mass is 10.2. The molecule has 0 unspecified atom stereocenters. The van der Waals surface area contributed by atoms with E-state index in [0.717, 1.165) is 26.7 Å². The van der Waals surface area contributed by atoms with Crippen molar-refractivity contribution in [3.05, 3.63) is 51.5 Å². The summed E-state index contributed by atoms with van der Waals surface area (Å²) in [5.41, 5.74) is 0.892. The zero-order valence-electron chi connectivity index (χ0n) is 15.3. The Bertz CT molecular complexity index is 932. The summed E-state index contributed by atoms with van der Waals surface area (Å²) in [4.78, 5) is 37.5. The van der Waals surface area contributed by atoms with Gasteiger partial charge in [0, 0.05) is 16.1 Å². The molecular weight excluding hydrogens is 446 g/mol. The molecule has 0 radical (unpaired) electrons. The van der Waals surface area contributed by atoms with Crippen LogP contribution < -0.4 is 0 Å². The minimum Gasteiger partial charge on any atom is -0.464 e. The van der Waals surface area contributed by atoms with Crippen LogP contribution in [0.25, 0.3) is 17.4 Å². The van der Waals surface area contributed by atoms with Crippen molar-refractivity contribution >= 4 is 50.9 Å². The van der Waals surface area contributed by atoms with E-state index in [1.807, 2.05) is 38.1 Å². The SMILES string of the molecule is CC(C)COC(=O)CN1C(=O)S/C(=C/c2ccc(-c3ccc(Br)cc3)o2)C1=O. The first-order valence-corrected chi connectivity index (χ1v) is 10.2. The minimum absolute atomic E-state index is 0.178. The zero-order chi connectivity index (χ0) is 20.3. The average molecular weight is 464 g/mol. The standard InChI is InChI=1S/C20H18BrNO5S/c1-12(2)11-26-18(23)10-22-19(24)17(28-20(22)25)9-15-7-8-16(27-15)13-3-5-14(21)6-4-13/h3-9,12H,10-11H2,1-2H3/b17-9+. The van der Waals surface area contributed by atoms with Crippen molar-refractivity contribution in [3.8, 4) is 11.3 Å². The molecule has 1 aromatic heterocycles. The minimum atomic E-state index is -0.604. The van der Waals surface area contributed by atoms with Crippen LogP contribution in [0.15, 0.2) is 50.2 Å². The van der Waals surface area contributed by atoms with Crippen LogP contribution in [0.2, 0.25) is 0 Å². The molecular formula is C20H18BrNO5S. The number of esters is 1. The molecule has 2 heterocycles. The molecule has 2 aromatic rings. The fourth-order valence-corrected chi connectivity index (χ4v) is 3.48. The van der Waals surface area contributed by atoms with Crippen molar-refractivity contribution in [1.29, 1.82) is 0 Å². The lowest BCUT2D eigenvalue weighted by molar-refractivity contribution is -0.147. The Morgan fingerprint density at radius 2 is 1.93 bits per heavy atom. The molecule has 146 valence electrons. The second-order valence-electron chi connectivity index (χ2n) is 6.55. The fraction of sp³-hybridized carbons (Fsp3) is 0.250. The van der Waals surface area contributed by atoms with E-state index < -0.39 is 23.7 Å². The predicted molar refractivity (Wildman–Crippen MR) is 110 cm³/mol. The van der Waals surface area contributed by atoms with E-state index in [2.05, 4.69) is 15.9 Å². The molecule has 0 atom stereocenters. The van der Waals surface area contributed by atoms with E-state index in [1.165, 1.54) is 6.08 Å². The van der Waals surface area contributed by atoms with Crippen LogP contribution in [0.4, 0.5) is 4.79 Å². The average Bonchev–Trinajstić information content (AvgIpc) is 3.21. The van der Waals surface area contributed by atoms with Crippen LogP contribution in [0.3, 0.4) is 0 Å². The van der Waals surface area contributed by atoms with Gasteiger partial charge in [-0.15, -0.1) is 0 Å². The van der Waals surface area contributed by atoms with Gasteiger partial charge in [-0.05, 0) is 41.9 Å². The van der Waals surface area contributed by atoms with E-state index in [0.29, 0.717) is 11.5 Å². The number of carbonyl (C=O) groups excluding carboxylic acids is 3. The van der Waals surface area contributed by atoms with E-state index in [-0.39, 0.29) is 17.4 Å². The molecule has 28 heavy (non-hydrogen) atoms. The summed E-state index contributed by atoms with van der Waals surface area (Å²) in [5.74, 6) is 0.143. The van der Waals surface area contributed by atoms with Gasteiger partial charge in [-0.2, -0.15) is 0 Å². The third-order valence-electron chi connectivity index (χ3n) is 3.77. The Hall–Kier alpha value is -2.32.